The second kappa shape index (κ2) is 8.14. The Morgan fingerprint density at radius 1 is 1.15 bits per heavy atom. The molecular weight excluding hydrogens is 340 g/mol. The molecule has 0 bridgehead atoms. The van der Waals surface area contributed by atoms with Crippen LogP contribution in [0.25, 0.3) is 11.4 Å². The molecule has 2 aromatic carbocycles. The highest BCUT2D eigenvalue weighted by Gasteiger charge is 2.21. The molecule has 0 unspecified atom stereocenters. The van der Waals surface area contributed by atoms with Crippen LogP contribution in [0.4, 0.5) is 5.69 Å². The number of amides is 1. The summed E-state index contributed by atoms with van der Waals surface area (Å²) in [5.41, 5.74) is 3.96. The Hall–Kier alpha value is -2.99. The number of nitrogens with one attached hydrogen (secondary N) is 1. The van der Waals surface area contributed by atoms with Crippen LogP contribution in [0.3, 0.4) is 0 Å². The summed E-state index contributed by atoms with van der Waals surface area (Å²) in [6, 6.07) is 15.4. The fraction of sp³-hybridized carbons (Fsp3) is 0.286. The van der Waals surface area contributed by atoms with Gasteiger partial charge in [-0.1, -0.05) is 47.6 Å². The lowest BCUT2D eigenvalue weighted by molar-refractivity contribution is -0.117. The van der Waals surface area contributed by atoms with E-state index in [1.807, 2.05) is 81.2 Å². The zero-order valence-corrected chi connectivity index (χ0v) is 16.1. The number of anilines is 1. The molecule has 0 aliphatic carbocycles. The van der Waals surface area contributed by atoms with Gasteiger partial charge in [0.05, 0.1) is 12.6 Å². The summed E-state index contributed by atoms with van der Waals surface area (Å²) in [6.07, 6.45) is 0. The van der Waals surface area contributed by atoms with Crippen LogP contribution in [0.5, 0.6) is 0 Å². The first-order valence-electron chi connectivity index (χ1n) is 8.91. The summed E-state index contributed by atoms with van der Waals surface area (Å²) in [5, 5.41) is 7.02. The van der Waals surface area contributed by atoms with Crippen LogP contribution in [0, 0.1) is 13.8 Å². The van der Waals surface area contributed by atoms with E-state index in [4.69, 9.17) is 4.52 Å². The quantitative estimate of drug-likeness (QED) is 0.716. The van der Waals surface area contributed by atoms with Gasteiger partial charge in [-0.15, -0.1) is 0 Å². The molecular formula is C21H24N4O2. The van der Waals surface area contributed by atoms with Crippen LogP contribution in [0.1, 0.15) is 30.0 Å². The van der Waals surface area contributed by atoms with E-state index in [0.717, 1.165) is 22.4 Å². The first-order chi connectivity index (χ1) is 13.0. The molecule has 27 heavy (non-hydrogen) atoms. The van der Waals surface area contributed by atoms with Crippen LogP contribution < -0.4 is 5.32 Å². The van der Waals surface area contributed by atoms with E-state index in [0.29, 0.717) is 11.7 Å². The molecule has 0 aliphatic rings. The molecule has 0 fully saturated rings. The maximum Gasteiger partial charge on any atom is 0.244 e. The molecule has 1 heterocycles. The number of aryl methyl sites for hydroxylation is 1. The van der Waals surface area contributed by atoms with E-state index < -0.39 is 0 Å². The molecule has 6 heteroatoms. The number of nitrogens with zero attached hydrogens (tertiary/aromatic N) is 3. The third-order valence-electron chi connectivity index (χ3n) is 4.76. The third kappa shape index (κ3) is 4.41. The Morgan fingerprint density at radius 2 is 1.89 bits per heavy atom. The smallest absolute Gasteiger partial charge is 0.244 e. The molecule has 0 saturated carbocycles. The molecule has 3 aromatic rings. The normalized spacial score (nSPS) is 12.2. The predicted molar refractivity (Wildman–Crippen MR) is 105 cm³/mol. The molecule has 3 rings (SSSR count). The van der Waals surface area contributed by atoms with Crippen LogP contribution >= 0.6 is 0 Å². The number of hydrogen-bond acceptors (Lipinski definition) is 5. The number of hydrogen-bond donors (Lipinski definition) is 1. The monoisotopic (exact) mass is 364 g/mol. The molecule has 0 saturated heterocycles. The van der Waals surface area contributed by atoms with E-state index >= 15 is 0 Å². The van der Waals surface area contributed by atoms with Crippen molar-refractivity contribution in [2.24, 2.45) is 0 Å². The molecule has 140 valence electrons. The van der Waals surface area contributed by atoms with Crippen molar-refractivity contribution in [2.75, 3.05) is 18.9 Å². The minimum Gasteiger partial charge on any atom is -0.337 e. The molecule has 6 nitrogen and oxygen atoms in total. The number of carbonyl (C=O) groups is 1. The summed E-state index contributed by atoms with van der Waals surface area (Å²) >= 11 is 0. The Labute approximate surface area is 159 Å². The van der Waals surface area contributed by atoms with Crippen molar-refractivity contribution in [3.63, 3.8) is 0 Å². The molecule has 0 spiro atoms. The number of rotatable bonds is 6. The van der Waals surface area contributed by atoms with Gasteiger partial charge in [0.2, 0.25) is 17.6 Å². The van der Waals surface area contributed by atoms with Gasteiger partial charge >= 0.3 is 0 Å². The first-order valence-corrected chi connectivity index (χ1v) is 8.91. The van der Waals surface area contributed by atoms with Gasteiger partial charge in [-0.2, -0.15) is 4.98 Å². The molecule has 1 N–H and O–H groups in total. The van der Waals surface area contributed by atoms with Crippen molar-refractivity contribution in [1.29, 1.82) is 0 Å². The van der Waals surface area contributed by atoms with Crippen LogP contribution in [-0.2, 0) is 4.79 Å². The summed E-state index contributed by atoms with van der Waals surface area (Å²) in [7, 11) is 1.86. The van der Waals surface area contributed by atoms with Gasteiger partial charge in [-0.3, -0.25) is 9.69 Å². The second-order valence-electron chi connectivity index (χ2n) is 6.71. The predicted octanol–water partition coefficient (Wildman–Crippen LogP) is 3.98. The third-order valence-corrected chi connectivity index (χ3v) is 4.76. The molecule has 0 radical (unpaired) electrons. The molecule has 0 aliphatic heterocycles. The van der Waals surface area contributed by atoms with E-state index in [2.05, 4.69) is 15.5 Å². The van der Waals surface area contributed by atoms with E-state index in [1.54, 1.807) is 0 Å². The number of carbonyl (C=O) groups excluding carboxylic acids is 1. The standard InChI is InChI=1S/C21H24N4O2/c1-14-9-8-12-18(15(14)2)22-19(26)13-25(4)16(3)21-23-20(24-27-21)17-10-6-5-7-11-17/h5-12,16H,13H2,1-4H3,(H,22,26)/t16-/m1/s1. The van der Waals surface area contributed by atoms with Gasteiger partial charge in [0.1, 0.15) is 0 Å². The zero-order valence-electron chi connectivity index (χ0n) is 16.1. The van der Waals surface area contributed by atoms with Gasteiger partial charge in [0, 0.05) is 11.3 Å². The van der Waals surface area contributed by atoms with Crippen LogP contribution in [-0.4, -0.2) is 34.5 Å². The Morgan fingerprint density at radius 3 is 2.63 bits per heavy atom. The van der Waals surface area contributed by atoms with Gasteiger partial charge in [-0.05, 0) is 45.0 Å². The van der Waals surface area contributed by atoms with Gasteiger partial charge in [0.25, 0.3) is 0 Å². The lowest BCUT2D eigenvalue weighted by Gasteiger charge is -2.21. The summed E-state index contributed by atoms with van der Waals surface area (Å²) in [4.78, 5) is 18.8. The Balaban J connectivity index is 1.64. The fourth-order valence-electron chi connectivity index (χ4n) is 2.74. The minimum absolute atomic E-state index is 0.0825. The maximum absolute atomic E-state index is 12.4. The van der Waals surface area contributed by atoms with E-state index in [9.17, 15) is 4.79 Å². The Kier molecular flexibility index (Phi) is 5.66. The highest BCUT2D eigenvalue weighted by molar-refractivity contribution is 5.93. The summed E-state index contributed by atoms with van der Waals surface area (Å²) in [5.74, 6) is 0.947. The molecule has 1 atom stereocenters. The summed E-state index contributed by atoms with van der Waals surface area (Å²) in [6.45, 7) is 6.19. The lowest BCUT2D eigenvalue weighted by atomic mass is 10.1. The van der Waals surface area contributed by atoms with Crippen molar-refractivity contribution in [3.05, 3.63) is 65.5 Å². The maximum atomic E-state index is 12.4. The van der Waals surface area contributed by atoms with Crippen LogP contribution in [0.15, 0.2) is 53.1 Å². The first kappa shape index (κ1) is 18.8. The van der Waals surface area contributed by atoms with E-state index in [-0.39, 0.29) is 18.5 Å². The largest absolute Gasteiger partial charge is 0.337 e. The van der Waals surface area contributed by atoms with Crippen LogP contribution in [0.2, 0.25) is 0 Å². The van der Waals surface area contributed by atoms with Crippen molar-refractivity contribution in [2.45, 2.75) is 26.8 Å². The fourth-order valence-corrected chi connectivity index (χ4v) is 2.74. The van der Waals surface area contributed by atoms with Gasteiger partial charge in [-0.25, -0.2) is 0 Å². The van der Waals surface area contributed by atoms with Crippen molar-refractivity contribution in [1.82, 2.24) is 15.0 Å². The SMILES string of the molecule is Cc1cccc(NC(=O)CN(C)[C@H](C)c2nc(-c3ccccc3)no2)c1C. The minimum atomic E-state index is -0.181. The molecule has 1 amide bonds. The topological polar surface area (TPSA) is 71.3 Å². The lowest BCUT2D eigenvalue weighted by Crippen LogP contribution is -2.32. The highest BCUT2D eigenvalue weighted by atomic mass is 16.5. The summed E-state index contributed by atoms with van der Waals surface area (Å²) < 4.78 is 5.40. The highest BCUT2D eigenvalue weighted by Crippen LogP contribution is 2.22. The van der Waals surface area contributed by atoms with Gasteiger partial charge in [0.15, 0.2) is 0 Å². The van der Waals surface area contributed by atoms with E-state index in [1.165, 1.54) is 0 Å². The van der Waals surface area contributed by atoms with Gasteiger partial charge < -0.3 is 9.84 Å². The van der Waals surface area contributed by atoms with Crippen molar-refractivity contribution in [3.8, 4) is 11.4 Å². The number of aromatic nitrogens is 2. The zero-order chi connectivity index (χ0) is 19.4. The second-order valence-corrected chi connectivity index (χ2v) is 6.71. The van der Waals surface area contributed by atoms with Crippen molar-refractivity contribution >= 4 is 11.6 Å². The average Bonchev–Trinajstić information content (AvgIpc) is 3.15. The average molecular weight is 364 g/mol. The number of benzene rings is 2. The van der Waals surface area contributed by atoms with Crippen molar-refractivity contribution < 1.29 is 9.32 Å². The Bertz CT molecular complexity index is 921. The number of likely N-dealkylation sites (N-methyl/N-ethyl adjacent to an activating group) is 1. The molecule has 1 aromatic heterocycles.